The van der Waals surface area contributed by atoms with Crippen LogP contribution in [0, 0.1) is 6.92 Å². The van der Waals surface area contributed by atoms with E-state index in [0.29, 0.717) is 6.54 Å². The van der Waals surface area contributed by atoms with Gasteiger partial charge in [0.1, 0.15) is 11.4 Å². The normalized spacial score (nSPS) is 12.6. The number of rotatable bonds is 4. The van der Waals surface area contributed by atoms with E-state index < -0.39 is 0 Å². The third-order valence-corrected chi connectivity index (χ3v) is 2.51. The molecule has 0 radical (unpaired) electrons. The Morgan fingerprint density at radius 3 is 2.94 bits per heavy atom. The van der Waals surface area contributed by atoms with Crippen molar-refractivity contribution in [2.45, 2.75) is 26.4 Å². The van der Waals surface area contributed by atoms with Crippen LogP contribution < -0.4 is 5.32 Å². The molecule has 5 heteroatoms. The number of pyridine rings is 1. The summed E-state index contributed by atoms with van der Waals surface area (Å²) in [6.07, 6.45) is 3.62. The summed E-state index contributed by atoms with van der Waals surface area (Å²) in [6, 6.07) is 4.19. The Labute approximate surface area is 93.9 Å². The molecular weight excluding hydrogens is 204 g/mol. The topological polar surface area (TPSA) is 63.8 Å². The van der Waals surface area contributed by atoms with Crippen molar-refractivity contribution in [2.24, 2.45) is 0 Å². The molecule has 0 aliphatic rings. The number of hydrogen-bond donors (Lipinski definition) is 1. The molecule has 0 saturated heterocycles. The maximum atomic E-state index is 4.63. The Morgan fingerprint density at radius 2 is 2.31 bits per heavy atom. The molecule has 2 aromatic heterocycles. The fourth-order valence-electron chi connectivity index (χ4n) is 1.41. The summed E-state index contributed by atoms with van der Waals surface area (Å²) in [5.74, 6) is 0. The van der Waals surface area contributed by atoms with Crippen molar-refractivity contribution in [1.29, 1.82) is 0 Å². The van der Waals surface area contributed by atoms with Gasteiger partial charge in [-0.05, 0) is 25.5 Å². The van der Waals surface area contributed by atoms with E-state index in [9.17, 15) is 0 Å². The smallest absolute Gasteiger partial charge is 0.121 e. The van der Waals surface area contributed by atoms with Crippen molar-refractivity contribution in [3.63, 3.8) is 0 Å². The zero-order chi connectivity index (χ0) is 11.4. The van der Waals surface area contributed by atoms with E-state index in [2.05, 4.69) is 32.2 Å². The zero-order valence-corrected chi connectivity index (χ0v) is 9.34. The third kappa shape index (κ3) is 2.43. The molecule has 0 aromatic carbocycles. The van der Waals surface area contributed by atoms with Crippen molar-refractivity contribution < 1.29 is 4.63 Å². The second kappa shape index (κ2) is 4.85. The van der Waals surface area contributed by atoms with E-state index in [1.165, 1.54) is 0 Å². The van der Waals surface area contributed by atoms with Gasteiger partial charge >= 0.3 is 0 Å². The van der Waals surface area contributed by atoms with E-state index in [1.807, 2.05) is 25.3 Å². The van der Waals surface area contributed by atoms with Gasteiger partial charge in [-0.2, -0.15) is 0 Å². The minimum Gasteiger partial charge on any atom is -0.304 e. The minimum atomic E-state index is 0.227. The number of aromatic nitrogens is 3. The van der Waals surface area contributed by atoms with E-state index in [-0.39, 0.29) is 6.04 Å². The summed E-state index contributed by atoms with van der Waals surface area (Å²) in [5.41, 5.74) is 2.82. The highest BCUT2D eigenvalue weighted by molar-refractivity contribution is 5.13. The summed E-state index contributed by atoms with van der Waals surface area (Å²) < 4.78 is 4.63. The summed E-state index contributed by atoms with van der Waals surface area (Å²) in [5, 5.41) is 10.9. The van der Waals surface area contributed by atoms with Gasteiger partial charge in [-0.15, -0.1) is 0 Å². The molecule has 5 nitrogen and oxygen atoms in total. The lowest BCUT2D eigenvalue weighted by atomic mass is 10.1. The van der Waals surface area contributed by atoms with Gasteiger partial charge in [0.2, 0.25) is 0 Å². The second-order valence-electron chi connectivity index (χ2n) is 3.69. The number of nitrogens with one attached hydrogen (secondary N) is 1. The molecule has 84 valence electrons. The van der Waals surface area contributed by atoms with Crippen LogP contribution in [0.4, 0.5) is 0 Å². The van der Waals surface area contributed by atoms with Gasteiger partial charge in [0.15, 0.2) is 0 Å². The molecule has 0 unspecified atom stereocenters. The molecule has 0 saturated carbocycles. The maximum Gasteiger partial charge on any atom is 0.121 e. The molecule has 0 spiro atoms. The van der Waals surface area contributed by atoms with Gasteiger partial charge in [-0.25, -0.2) is 4.63 Å². The summed E-state index contributed by atoms with van der Waals surface area (Å²) in [4.78, 5) is 4.08. The Hall–Kier alpha value is -1.75. The first-order valence-electron chi connectivity index (χ1n) is 5.18. The Balaban J connectivity index is 1.94. The first-order valence-corrected chi connectivity index (χ1v) is 5.18. The van der Waals surface area contributed by atoms with Crippen molar-refractivity contribution in [3.8, 4) is 0 Å². The van der Waals surface area contributed by atoms with Crippen molar-refractivity contribution in [1.82, 2.24) is 20.6 Å². The van der Waals surface area contributed by atoms with Gasteiger partial charge in [0.25, 0.3) is 0 Å². The van der Waals surface area contributed by atoms with E-state index in [0.717, 1.165) is 17.0 Å². The van der Waals surface area contributed by atoms with Crippen molar-refractivity contribution >= 4 is 0 Å². The zero-order valence-electron chi connectivity index (χ0n) is 9.34. The summed E-state index contributed by atoms with van der Waals surface area (Å²) in [7, 11) is 0. The molecule has 1 N–H and O–H groups in total. The fraction of sp³-hybridized carbons (Fsp3) is 0.364. The first-order chi connectivity index (χ1) is 7.77. The van der Waals surface area contributed by atoms with Crippen LogP contribution in [0.25, 0.3) is 0 Å². The van der Waals surface area contributed by atoms with Crippen LogP contribution in [0.2, 0.25) is 0 Å². The molecule has 2 heterocycles. The van der Waals surface area contributed by atoms with E-state index in [1.54, 1.807) is 6.20 Å². The highest BCUT2D eigenvalue weighted by atomic mass is 16.6. The molecule has 2 rings (SSSR count). The Kier molecular flexibility index (Phi) is 3.26. The highest BCUT2D eigenvalue weighted by Gasteiger charge is 2.08. The van der Waals surface area contributed by atoms with Crippen molar-refractivity contribution in [3.05, 3.63) is 41.5 Å². The Bertz CT molecular complexity index is 440. The molecule has 0 amide bonds. The van der Waals surface area contributed by atoms with Crippen LogP contribution in [0.15, 0.2) is 29.2 Å². The van der Waals surface area contributed by atoms with Crippen LogP contribution in [0.5, 0.6) is 0 Å². The summed E-state index contributed by atoms with van der Waals surface area (Å²) in [6.45, 7) is 4.60. The molecule has 2 aromatic rings. The number of hydrogen-bond acceptors (Lipinski definition) is 5. The lowest BCUT2D eigenvalue weighted by molar-refractivity contribution is 0.300. The highest BCUT2D eigenvalue weighted by Crippen LogP contribution is 2.11. The summed E-state index contributed by atoms with van der Waals surface area (Å²) >= 11 is 0. The third-order valence-electron chi connectivity index (χ3n) is 2.51. The van der Waals surface area contributed by atoms with Crippen LogP contribution in [0.3, 0.4) is 0 Å². The van der Waals surface area contributed by atoms with Crippen LogP contribution in [0.1, 0.15) is 29.9 Å². The SMILES string of the molecule is Cc1nonc1CN[C@@H](C)c1cccnc1. The van der Waals surface area contributed by atoms with Crippen molar-refractivity contribution in [2.75, 3.05) is 0 Å². The molecule has 0 aliphatic carbocycles. The molecular formula is C11H14N4O. The van der Waals surface area contributed by atoms with Gasteiger partial charge < -0.3 is 5.32 Å². The monoisotopic (exact) mass is 218 g/mol. The van der Waals surface area contributed by atoms with Gasteiger partial charge in [-0.3, -0.25) is 4.98 Å². The average Bonchev–Trinajstić information content (AvgIpc) is 2.73. The molecule has 0 aliphatic heterocycles. The van der Waals surface area contributed by atoms with Crippen LogP contribution >= 0.6 is 0 Å². The van der Waals surface area contributed by atoms with E-state index >= 15 is 0 Å². The van der Waals surface area contributed by atoms with Gasteiger partial charge in [0, 0.05) is 25.0 Å². The predicted molar refractivity (Wildman–Crippen MR) is 58.5 cm³/mol. The average molecular weight is 218 g/mol. The molecule has 1 atom stereocenters. The standard InChI is InChI=1S/C11H14N4O/c1-8(10-4-3-5-12-6-10)13-7-11-9(2)14-16-15-11/h3-6,8,13H,7H2,1-2H3/t8-/m0/s1. The quantitative estimate of drug-likeness (QED) is 0.844. The molecule has 0 bridgehead atoms. The predicted octanol–water partition coefficient (Wildman–Crippen LogP) is 1.62. The second-order valence-corrected chi connectivity index (χ2v) is 3.69. The maximum absolute atomic E-state index is 4.63. The molecule has 0 fully saturated rings. The minimum absolute atomic E-state index is 0.227. The van der Waals surface area contributed by atoms with Crippen LogP contribution in [-0.2, 0) is 6.54 Å². The Morgan fingerprint density at radius 1 is 1.44 bits per heavy atom. The molecule has 16 heavy (non-hydrogen) atoms. The fourth-order valence-corrected chi connectivity index (χ4v) is 1.41. The largest absolute Gasteiger partial charge is 0.304 e. The number of nitrogens with zero attached hydrogens (tertiary/aromatic N) is 3. The van der Waals surface area contributed by atoms with Gasteiger partial charge in [0.05, 0.1) is 0 Å². The lowest BCUT2D eigenvalue weighted by Gasteiger charge is -2.12. The van der Waals surface area contributed by atoms with Gasteiger partial charge in [-0.1, -0.05) is 16.4 Å². The van der Waals surface area contributed by atoms with E-state index in [4.69, 9.17) is 0 Å². The first kappa shape index (κ1) is 10.8. The number of aryl methyl sites for hydroxylation is 1. The lowest BCUT2D eigenvalue weighted by Crippen LogP contribution is -2.18. The van der Waals surface area contributed by atoms with Crippen LogP contribution in [-0.4, -0.2) is 15.3 Å².